The van der Waals surface area contributed by atoms with Gasteiger partial charge in [-0.2, -0.15) is 0 Å². The fourth-order valence-corrected chi connectivity index (χ4v) is 1.49. The van der Waals surface area contributed by atoms with Crippen molar-refractivity contribution in [1.29, 1.82) is 0 Å². The highest BCUT2D eigenvalue weighted by atomic mass is 35.5. The van der Waals surface area contributed by atoms with Crippen molar-refractivity contribution in [3.8, 4) is 0 Å². The predicted molar refractivity (Wildman–Crippen MR) is 65.6 cm³/mol. The van der Waals surface area contributed by atoms with E-state index in [4.69, 9.17) is 11.6 Å². The summed E-state index contributed by atoms with van der Waals surface area (Å²) in [6.07, 6.45) is 1.31. The van der Waals surface area contributed by atoms with Crippen molar-refractivity contribution in [1.82, 2.24) is 4.98 Å². The molecule has 0 spiro atoms. The maximum atomic E-state index is 12.9. The van der Waals surface area contributed by atoms with Crippen molar-refractivity contribution in [2.75, 3.05) is 5.32 Å². The van der Waals surface area contributed by atoms with Crippen molar-refractivity contribution in [2.45, 2.75) is 0 Å². The summed E-state index contributed by atoms with van der Waals surface area (Å²) in [7, 11) is 0. The maximum absolute atomic E-state index is 12.9. The van der Waals surface area contributed by atoms with Gasteiger partial charge in [-0.25, -0.2) is 4.39 Å². The summed E-state index contributed by atoms with van der Waals surface area (Å²) < 4.78 is 12.9. The van der Waals surface area contributed by atoms with E-state index in [0.29, 0.717) is 11.4 Å². The summed E-state index contributed by atoms with van der Waals surface area (Å²) >= 11 is 5.63. The third-order valence-electron chi connectivity index (χ3n) is 2.14. The van der Waals surface area contributed by atoms with Gasteiger partial charge in [0.2, 0.25) is 0 Å². The van der Waals surface area contributed by atoms with Gasteiger partial charge in [-0.15, -0.1) is 0 Å². The van der Waals surface area contributed by atoms with Crippen molar-refractivity contribution >= 4 is 28.8 Å². The number of anilines is 2. The molecule has 0 bridgehead atoms. The Morgan fingerprint density at radius 3 is 2.56 bits per heavy atom. The Morgan fingerprint density at radius 1 is 1.28 bits per heavy atom. The van der Waals surface area contributed by atoms with Crippen LogP contribution in [-0.2, 0) is 0 Å². The molecule has 0 amide bonds. The van der Waals surface area contributed by atoms with E-state index in [1.54, 1.807) is 0 Å². The van der Waals surface area contributed by atoms with Crippen LogP contribution in [0.5, 0.6) is 0 Å². The SMILES string of the molecule is O=[N+]([O-])c1ccc(Nc2ccc(F)c(Cl)c2)cn1. The van der Waals surface area contributed by atoms with E-state index in [0.717, 1.165) is 0 Å². The smallest absolute Gasteiger partial charge is 0.358 e. The minimum Gasteiger partial charge on any atom is -0.358 e. The third-order valence-corrected chi connectivity index (χ3v) is 2.43. The number of benzene rings is 1. The minimum absolute atomic E-state index is 0.00475. The molecule has 0 atom stereocenters. The van der Waals surface area contributed by atoms with Crippen molar-refractivity contribution in [3.63, 3.8) is 0 Å². The number of nitrogens with one attached hydrogen (secondary N) is 1. The van der Waals surface area contributed by atoms with Crippen LogP contribution in [0.1, 0.15) is 0 Å². The highest BCUT2D eigenvalue weighted by Crippen LogP contribution is 2.22. The van der Waals surface area contributed by atoms with Crippen LogP contribution in [0.3, 0.4) is 0 Å². The van der Waals surface area contributed by atoms with Crippen LogP contribution >= 0.6 is 11.6 Å². The Labute approximate surface area is 106 Å². The molecule has 0 saturated heterocycles. The summed E-state index contributed by atoms with van der Waals surface area (Å²) in [5.41, 5.74) is 1.11. The fourth-order valence-electron chi connectivity index (χ4n) is 1.31. The van der Waals surface area contributed by atoms with Gasteiger partial charge in [-0.1, -0.05) is 11.6 Å². The molecule has 18 heavy (non-hydrogen) atoms. The molecule has 92 valence electrons. The molecule has 0 radical (unpaired) electrons. The Hall–Kier alpha value is -2.21. The van der Waals surface area contributed by atoms with E-state index in [1.807, 2.05) is 0 Å². The zero-order valence-corrected chi connectivity index (χ0v) is 9.69. The highest BCUT2D eigenvalue weighted by Gasteiger charge is 2.07. The summed E-state index contributed by atoms with van der Waals surface area (Å²) in [5.74, 6) is -0.748. The van der Waals surface area contributed by atoms with Gasteiger partial charge in [0.25, 0.3) is 0 Å². The molecule has 5 nitrogen and oxygen atoms in total. The van der Waals surface area contributed by atoms with Gasteiger partial charge in [0.15, 0.2) is 6.20 Å². The Kier molecular flexibility index (Phi) is 3.38. The topological polar surface area (TPSA) is 68.1 Å². The average molecular weight is 268 g/mol. The number of rotatable bonds is 3. The monoisotopic (exact) mass is 267 g/mol. The molecule has 7 heteroatoms. The zero-order chi connectivity index (χ0) is 13.1. The minimum atomic E-state index is -0.585. The first-order valence-electron chi connectivity index (χ1n) is 4.89. The first-order chi connectivity index (χ1) is 8.56. The summed E-state index contributed by atoms with van der Waals surface area (Å²) in [6.45, 7) is 0. The largest absolute Gasteiger partial charge is 0.363 e. The summed E-state index contributed by atoms with van der Waals surface area (Å²) in [4.78, 5) is 13.5. The molecule has 0 saturated carbocycles. The lowest BCUT2D eigenvalue weighted by atomic mass is 10.3. The second kappa shape index (κ2) is 4.97. The zero-order valence-electron chi connectivity index (χ0n) is 8.93. The van der Waals surface area contributed by atoms with E-state index in [-0.39, 0.29) is 10.8 Å². The van der Waals surface area contributed by atoms with Gasteiger partial charge in [0, 0.05) is 11.8 Å². The second-order valence-corrected chi connectivity index (χ2v) is 3.82. The fraction of sp³-hybridized carbons (Fsp3) is 0. The molecule has 0 unspecified atom stereocenters. The number of nitrogens with zero attached hydrogens (tertiary/aromatic N) is 2. The molecule has 2 rings (SSSR count). The highest BCUT2D eigenvalue weighted by molar-refractivity contribution is 6.31. The quantitative estimate of drug-likeness (QED) is 0.682. The number of nitro groups is 1. The molecule has 1 heterocycles. The van der Waals surface area contributed by atoms with Crippen LogP contribution in [0, 0.1) is 15.9 Å². The number of aromatic nitrogens is 1. The standard InChI is InChI=1S/C11H7ClFN3O2/c12-9-5-7(1-3-10(9)13)15-8-2-4-11(14-6-8)16(17)18/h1-6,15H. The van der Waals surface area contributed by atoms with Crippen LogP contribution in [0.2, 0.25) is 5.02 Å². The molecule has 0 aliphatic rings. The molecule has 0 aliphatic carbocycles. The van der Waals surface area contributed by atoms with Crippen LogP contribution < -0.4 is 5.32 Å². The first kappa shape index (κ1) is 12.3. The molecular formula is C11H7ClFN3O2. The van der Waals surface area contributed by atoms with Crippen LogP contribution in [0.4, 0.5) is 21.6 Å². The van der Waals surface area contributed by atoms with Gasteiger partial charge in [-0.05, 0) is 34.2 Å². The Morgan fingerprint density at radius 2 is 2.00 bits per heavy atom. The van der Waals surface area contributed by atoms with Gasteiger partial charge < -0.3 is 15.4 Å². The molecule has 0 aliphatic heterocycles. The third kappa shape index (κ3) is 2.72. The number of hydrogen-bond acceptors (Lipinski definition) is 4. The van der Waals surface area contributed by atoms with E-state index >= 15 is 0 Å². The first-order valence-corrected chi connectivity index (χ1v) is 5.26. The number of hydrogen-bond donors (Lipinski definition) is 1. The normalized spacial score (nSPS) is 10.1. The van der Waals surface area contributed by atoms with Crippen LogP contribution in [0.15, 0.2) is 36.5 Å². The maximum Gasteiger partial charge on any atom is 0.363 e. The lowest BCUT2D eigenvalue weighted by Crippen LogP contribution is -1.95. The molecule has 1 aromatic heterocycles. The number of pyridine rings is 1. The van der Waals surface area contributed by atoms with E-state index in [1.165, 1.54) is 36.5 Å². The van der Waals surface area contributed by atoms with Crippen molar-refractivity contribution < 1.29 is 9.31 Å². The van der Waals surface area contributed by atoms with Gasteiger partial charge in [-0.3, -0.25) is 0 Å². The molecule has 1 N–H and O–H groups in total. The van der Waals surface area contributed by atoms with E-state index in [2.05, 4.69) is 10.3 Å². The second-order valence-electron chi connectivity index (χ2n) is 3.42. The summed E-state index contributed by atoms with van der Waals surface area (Å²) in [6, 6.07) is 6.92. The van der Waals surface area contributed by atoms with Crippen LogP contribution in [0.25, 0.3) is 0 Å². The Balaban J connectivity index is 2.18. The molecule has 2 aromatic rings. The average Bonchev–Trinajstić information content (AvgIpc) is 2.34. The Bertz CT molecular complexity index is 589. The molecule has 1 aromatic carbocycles. The number of halogens is 2. The van der Waals surface area contributed by atoms with Crippen molar-refractivity contribution in [3.05, 3.63) is 57.5 Å². The van der Waals surface area contributed by atoms with E-state index < -0.39 is 10.7 Å². The van der Waals surface area contributed by atoms with Crippen molar-refractivity contribution in [2.24, 2.45) is 0 Å². The van der Waals surface area contributed by atoms with Gasteiger partial charge in [0.05, 0.1) is 10.7 Å². The van der Waals surface area contributed by atoms with Crippen LogP contribution in [-0.4, -0.2) is 9.91 Å². The van der Waals surface area contributed by atoms with Gasteiger partial charge in [0.1, 0.15) is 5.82 Å². The lowest BCUT2D eigenvalue weighted by Gasteiger charge is -2.05. The van der Waals surface area contributed by atoms with E-state index in [9.17, 15) is 14.5 Å². The van der Waals surface area contributed by atoms with Gasteiger partial charge >= 0.3 is 5.82 Å². The molecular weight excluding hydrogens is 261 g/mol. The summed E-state index contributed by atoms with van der Waals surface area (Å²) in [5, 5.41) is 13.3. The predicted octanol–water partition coefficient (Wildman–Crippen LogP) is 3.53. The molecule has 0 fully saturated rings. The lowest BCUT2D eigenvalue weighted by molar-refractivity contribution is -0.389.